The lowest BCUT2D eigenvalue weighted by Gasteiger charge is -2.10. The van der Waals surface area contributed by atoms with E-state index in [0.717, 1.165) is 27.2 Å². The van der Waals surface area contributed by atoms with Gasteiger partial charge in [0.05, 0.1) is 5.52 Å². The van der Waals surface area contributed by atoms with Gasteiger partial charge in [-0.15, -0.1) is 0 Å². The highest BCUT2D eigenvalue weighted by Gasteiger charge is 2.11. The first-order chi connectivity index (χ1) is 15.0. The van der Waals surface area contributed by atoms with Crippen molar-refractivity contribution in [1.82, 2.24) is 20.2 Å². The lowest BCUT2D eigenvalue weighted by molar-refractivity contribution is -0.116. The van der Waals surface area contributed by atoms with Gasteiger partial charge in [-0.3, -0.25) is 9.89 Å². The number of nitrogens with zero attached hydrogens (tertiary/aromatic N) is 3. The minimum Gasteiger partial charge on any atom is -0.326 e. The third-order valence-electron chi connectivity index (χ3n) is 4.48. The van der Waals surface area contributed by atoms with Crippen molar-refractivity contribution in [3.63, 3.8) is 0 Å². The van der Waals surface area contributed by atoms with Gasteiger partial charge in [0.25, 0.3) is 0 Å². The van der Waals surface area contributed by atoms with Crippen LogP contribution in [0.3, 0.4) is 0 Å². The average molecular weight is 433 g/mol. The van der Waals surface area contributed by atoms with Crippen LogP contribution in [-0.4, -0.2) is 26.1 Å². The van der Waals surface area contributed by atoms with Crippen molar-refractivity contribution in [2.24, 2.45) is 5.92 Å². The van der Waals surface area contributed by atoms with Gasteiger partial charge in [-0.2, -0.15) is 5.10 Å². The number of para-hydroxylation sites is 1. The molecule has 158 valence electrons. The molecule has 1 amide bonds. The van der Waals surface area contributed by atoms with Gasteiger partial charge in [-0.1, -0.05) is 26.0 Å². The normalized spacial score (nSPS) is 11.1. The van der Waals surface area contributed by atoms with Crippen LogP contribution < -0.4 is 10.6 Å². The lowest BCUT2D eigenvalue weighted by Crippen LogP contribution is -2.13. The summed E-state index contributed by atoms with van der Waals surface area (Å²) in [5.41, 5.74) is 2.61. The number of H-pyrrole nitrogens is 1. The Morgan fingerprint density at radius 2 is 1.87 bits per heavy atom. The van der Waals surface area contributed by atoms with E-state index in [9.17, 15) is 4.79 Å². The van der Waals surface area contributed by atoms with Crippen LogP contribution >= 0.6 is 11.8 Å². The fourth-order valence-corrected chi connectivity index (χ4v) is 3.86. The summed E-state index contributed by atoms with van der Waals surface area (Å²) in [5.74, 6) is 1.77. The van der Waals surface area contributed by atoms with E-state index in [2.05, 4.69) is 20.8 Å². The number of nitrogens with one attached hydrogen (secondary N) is 3. The number of carbonyl (C=O) groups excluding carboxylic acids is 1. The van der Waals surface area contributed by atoms with Gasteiger partial charge in [-0.05, 0) is 61.0 Å². The maximum atomic E-state index is 12.0. The fraction of sp³-hybridized carbons (Fsp3) is 0.217. The second kappa shape index (κ2) is 9.18. The van der Waals surface area contributed by atoms with Crippen LogP contribution in [0.15, 0.2) is 64.6 Å². The molecule has 4 rings (SSSR count). The van der Waals surface area contributed by atoms with Crippen LogP contribution in [0.4, 0.5) is 17.3 Å². The number of aromatic nitrogens is 4. The van der Waals surface area contributed by atoms with E-state index in [-0.39, 0.29) is 5.91 Å². The molecule has 2 aromatic carbocycles. The number of carbonyl (C=O) groups is 1. The summed E-state index contributed by atoms with van der Waals surface area (Å²) in [4.78, 5) is 22.4. The number of anilines is 3. The molecule has 7 nitrogen and oxygen atoms in total. The first kappa shape index (κ1) is 20.9. The molecule has 0 aliphatic rings. The second-order valence-corrected chi connectivity index (χ2v) is 8.75. The predicted molar refractivity (Wildman–Crippen MR) is 125 cm³/mol. The Labute approximate surface area is 185 Å². The predicted octanol–water partition coefficient (Wildman–Crippen LogP) is 5.54. The average Bonchev–Trinajstić information content (AvgIpc) is 3.13. The fourth-order valence-electron chi connectivity index (χ4n) is 3.09. The first-order valence-electron chi connectivity index (χ1n) is 10.1. The minimum atomic E-state index is 0.0255. The Kier molecular flexibility index (Phi) is 6.18. The van der Waals surface area contributed by atoms with Gasteiger partial charge < -0.3 is 10.6 Å². The first-order valence-corrected chi connectivity index (χ1v) is 10.9. The maximum absolute atomic E-state index is 12.0. The van der Waals surface area contributed by atoms with Gasteiger partial charge in [0.1, 0.15) is 5.82 Å². The number of rotatable bonds is 7. The molecule has 2 aromatic heterocycles. The molecule has 0 unspecified atom stereocenters. The summed E-state index contributed by atoms with van der Waals surface area (Å²) in [5, 5.41) is 14.9. The summed E-state index contributed by atoms with van der Waals surface area (Å²) < 4.78 is 0. The monoisotopic (exact) mass is 432 g/mol. The van der Waals surface area contributed by atoms with Crippen LogP contribution in [0.2, 0.25) is 0 Å². The smallest absolute Gasteiger partial charge is 0.224 e. The van der Waals surface area contributed by atoms with Crippen LogP contribution in [0, 0.1) is 12.8 Å². The van der Waals surface area contributed by atoms with E-state index in [1.165, 1.54) is 11.8 Å². The number of aromatic amines is 1. The Bertz CT molecular complexity index is 1200. The highest BCUT2D eigenvalue weighted by Crippen LogP contribution is 2.31. The molecule has 4 aromatic rings. The van der Waals surface area contributed by atoms with Gasteiger partial charge in [-0.25, -0.2) is 9.97 Å². The molecular weight excluding hydrogens is 408 g/mol. The van der Waals surface area contributed by atoms with Crippen LogP contribution in [-0.2, 0) is 4.79 Å². The van der Waals surface area contributed by atoms with Gasteiger partial charge in [0.2, 0.25) is 5.91 Å². The Hall–Kier alpha value is -3.39. The van der Waals surface area contributed by atoms with E-state index < -0.39 is 0 Å². The standard InChI is InChI=1S/C23H24N6OS/c1-14(2)12-21(30)24-16-8-10-17(11-9-16)31-23-25-19-7-5-4-6-18(19)22(27-23)26-20-13-15(3)28-29-20/h4-11,13-14H,12H2,1-3H3,(H,24,30)(H2,25,26,27,28,29). The van der Waals surface area contributed by atoms with Crippen molar-refractivity contribution in [1.29, 1.82) is 0 Å². The summed E-state index contributed by atoms with van der Waals surface area (Å²) in [6.07, 6.45) is 0.507. The lowest BCUT2D eigenvalue weighted by atomic mass is 10.1. The molecule has 31 heavy (non-hydrogen) atoms. The zero-order valence-electron chi connectivity index (χ0n) is 17.6. The molecule has 0 saturated heterocycles. The SMILES string of the molecule is Cc1cc(Nc2nc(Sc3ccc(NC(=O)CC(C)C)cc3)nc3ccccc23)n[nH]1. The molecule has 0 spiro atoms. The Balaban J connectivity index is 1.55. The molecule has 0 aliphatic heterocycles. The van der Waals surface area contributed by atoms with E-state index >= 15 is 0 Å². The molecule has 0 aliphatic carbocycles. The van der Waals surface area contributed by atoms with Crippen LogP contribution in [0.5, 0.6) is 0 Å². The van der Waals surface area contributed by atoms with Crippen LogP contribution in [0.1, 0.15) is 26.0 Å². The second-order valence-electron chi connectivity index (χ2n) is 7.71. The minimum absolute atomic E-state index is 0.0255. The molecule has 0 bridgehead atoms. The third-order valence-corrected chi connectivity index (χ3v) is 5.35. The molecular formula is C23H24N6OS. The van der Waals surface area contributed by atoms with Crippen molar-refractivity contribution in [2.45, 2.75) is 37.2 Å². The van der Waals surface area contributed by atoms with Gasteiger partial charge >= 0.3 is 0 Å². The van der Waals surface area contributed by atoms with Crippen molar-refractivity contribution < 1.29 is 4.79 Å². The number of aryl methyl sites for hydroxylation is 1. The topological polar surface area (TPSA) is 95.6 Å². The molecule has 0 atom stereocenters. The zero-order valence-corrected chi connectivity index (χ0v) is 18.5. The highest BCUT2D eigenvalue weighted by molar-refractivity contribution is 7.99. The van der Waals surface area contributed by atoms with E-state index in [1.54, 1.807) is 0 Å². The Morgan fingerprint density at radius 3 is 2.58 bits per heavy atom. The summed E-state index contributed by atoms with van der Waals surface area (Å²) in [7, 11) is 0. The van der Waals surface area contributed by atoms with Gasteiger partial charge in [0.15, 0.2) is 11.0 Å². The molecule has 0 fully saturated rings. The third kappa shape index (κ3) is 5.40. The van der Waals surface area contributed by atoms with E-state index in [1.807, 2.05) is 75.4 Å². The molecule has 3 N–H and O–H groups in total. The molecule has 0 saturated carbocycles. The largest absolute Gasteiger partial charge is 0.326 e. The zero-order chi connectivity index (χ0) is 21.8. The van der Waals surface area contributed by atoms with E-state index in [4.69, 9.17) is 9.97 Å². The summed E-state index contributed by atoms with van der Waals surface area (Å²) >= 11 is 1.47. The molecule has 2 heterocycles. The van der Waals surface area contributed by atoms with Crippen LogP contribution in [0.25, 0.3) is 10.9 Å². The molecule has 0 radical (unpaired) electrons. The Morgan fingerprint density at radius 1 is 1.10 bits per heavy atom. The molecule has 8 heteroatoms. The van der Waals surface area contributed by atoms with Crippen molar-refractivity contribution in [3.8, 4) is 0 Å². The van der Waals surface area contributed by atoms with Crippen molar-refractivity contribution >= 4 is 45.9 Å². The van der Waals surface area contributed by atoms with Crippen molar-refractivity contribution in [2.75, 3.05) is 10.6 Å². The number of benzene rings is 2. The number of amides is 1. The summed E-state index contributed by atoms with van der Waals surface area (Å²) in [6, 6.07) is 17.5. The number of hydrogen-bond acceptors (Lipinski definition) is 6. The maximum Gasteiger partial charge on any atom is 0.224 e. The number of hydrogen-bond donors (Lipinski definition) is 3. The quantitative estimate of drug-likeness (QED) is 0.332. The number of fused-ring (bicyclic) bond motifs is 1. The van der Waals surface area contributed by atoms with E-state index in [0.29, 0.717) is 29.1 Å². The summed E-state index contributed by atoms with van der Waals surface area (Å²) in [6.45, 7) is 6.00. The highest BCUT2D eigenvalue weighted by atomic mass is 32.2. The van der Waals surface area contributed by atoms with Crippen molar-refractivity contribution in [3.05, 3.63) is 60.3 Å². The van der Waals surface area contributed by atoms with Gasteiger partial charge in [0, 0.05) is 34.2 Å².